The van der Waals surface area contributed by atoms with Crippen molar-refractivity contribution in [2.75, 3.05) is 6.54 Å². The molecule has 1 fully saturated rings. The predicted octanol–water partition coefficient (Wildman–Crippen LogP) is 0.634. The predicted molar refractivity (Wildman–Crippen MR) is 40.0 cm³/mol. The molecule has 1 atom stereocenters. The molecule has 1 saturated heterocycles. The summed E-state index contributed by atoms with van der Waals surface area (Å²) in [5.41, 5.74) is 0.990. The van der Waals surface area contributed by atoms with E-state index >= 15 is 0 Å². The average molecular weight is 151 g/mol. The van der Waals surface area contributed by atoms with Crippen LogP contribution in [0.1, 0.15) is 31.0 Å². The van der Waals surface area contributed by atoms with Crippen LogP contribution in [0.3, 0.4) is 0 Å². The van der Waals surface area contributed by atoms with Gasteiger partial charge in [-0.15, -0.1) is 5.10 Å². The van der Waals surface area contributed by atoms with Crippen LogP contribution in [0.15, 0.2) is 6.20 Å². The third-order valence-corrected chi connectivity index (χ3v) is 2.01. The lowest BCUT2D eigenvalue weighted by molar-refractivity contribution is 0.396. The fourth-order valence-electron chi connectivity index (χ4n) is 1.40. The Bertz CT molecular complexity index is 200. The number of piperidine rings is 1. The molecule has 0 amide bonds. The maximum atomic E-state index is 4.45. The maximum Gasteiger partial charge on any atom is 0.101 e. The number of aromatic nitrogens is 3. The van der Waals surface area contributed by atoms with Crippen LogP contribution >= 0.6 is 0 Å². The van der Waals surface area contributed by atoms with Crippen LogP contribution in [0, 0.1) is 0 Å². The third-order valence-electron chi connectivity index (χ3n) is 2.01. The summed E-state index contributed by atoms with van der Waals surface area (Å²) < 4.78 is 0. The standard InChI is InChI=1S/C7H11N4/c1-2-4-8-6(3-1)7-5-9-11-10-7/h5-6H,1-4H2,(H,9,10,11). The summed E-state index contributed by atoms with van der Waals surface area (Å²) in [6.45, 7) is 0.984. The van der Waals surface area contributed by atoms with E-state index in [1.54, 1.807) is 0 Å². The van der Waals surface area contributed by atoms with Crippen LogP contribution in [0.2, 0.25) is 0 Å². The molecule has 0 saturated carbocycles. The quantitative estimate of drug-likeness (QED) is 0.640. The van der Waals surface area contributed by atoms with Gasteiger partial charge in [0.15, 0.2) is 0 Å². The van der Waals surface area contributed by atoms with Crippen LogP contribution < -0.4 is 5.32 Å². The van der Waals surface area contributed by atoms with Crippen LogP contribution in [0.25, 0.3) is 0 Å². The summed E-state index contributed by atoms with van der Waals surface area (Å²) in [4.78, 5) is 0. The summed E-state index contributed by atoms with van der Waals surface area (Å²) in [5, 5.41) is 14.8. The molecule has 0 spiro atoms. The smallest absolute Gasteiger partial charge is 0.101 e. The van der Waals surface area contributed by atoms with E-state index in [1.807, 2.05) is 6.20 Å². The first-order valence-corrected chi connectivity index (χ1v) is 4.00. The molecule has 2 heterocycles. The highest BCUT2D eigenvalue weighted by atomic mass is 15.3. The Morgan fingerprint density at radius 3 is 3.09 bits per heavy atom. The second-order valence-electron chi connectivity index (χ2n) is 2.82. The van der Waals surface area contributed by atoms with Crippen molar-refractivity contribution in [3.63, 3.8) is 0 Å². The topological polar surface area (TPSA) is 55.7 Å². The molecule has 0 bridgehead atoms. The molecule has 1 aromatic heterocycles. The van der Waals surface area contributed by atoms with E-state index in [0.29, 0.717) is 6.04 Å². The number of aromatic amines is 1. The van der Waals surface area contributed by atoms with E-state index in [4.69, 9.17) is 0 Å². The van der Waals surface area contributed by atoms with Gasteiger partial charge in [-0.25, -0.2) is 5.32 Å². The lowest BCUT2D eigenvalue weighted by Crippen LogP contribution is -2.20. The minimum atomic E-state index is 0.308. The fourth-order valence-corrected chi connectivity index (χ4v) is 1.40. The first kappa shape index (κ1) is 6.79. The number of H-pyrrole nitrogens is 1. The van der Waals surface area contributed by atoms with Crippen LogP contribution in [-0.2, 0) is 0 Å². The largest absolute Gasteiger partial charge is 0.265 e. The first-order chi connectivity index (χ1) is 5.47. The van der Waals surface area contributed by atoms with E-state index < -0.39 is 0 Å². The van der Waals surface area contributed by atoms with Crippen molar-refractivity contribution < 1.29 is 0 Å². The van der Waals surface area contributed by atoms with Gasteiger partial charge in [0.25, 0.3) is 0 Å². The van der Waals surface area contributed by atoms with Crippen molar-refractivity contribution in [1.29, 1.82) is 0 Å². The molecule has 0 aromatic carbocycles. The van der Waals surface area contributed by atoms with Crippen LogP contribution in [0.4, 0.5) is 0 Å². The van der Waals surface area contributed by atoms with Gasteiger partial charge in [-0.2, -0.15) is 0 Å². The van der Waals surface area contributed by atoms with Crippen LogP contribution in [0.5, 0.6) is 0 Å². The highest BCUT2D eigenvalue weighted by molar-refractivity contribution is 5.00. The van der Waals surface area contributed by atoms with Crippen molar-refractivity contribution in [2.45, 2.75) is 25.3 Å². The molecule has 1 aliphatic rings. The second-order valence-corrected chi connectivity index (χ2v) is 2.82. The molecule has 0 aliphatic carbocycles. The highest BCUT2D eigenvalue weighted by Crippen LogP contribution is 2.21. The Hall–Kier alpha value is -0.900. The second kappa shape index (κ2) is 3.00. The lowest BCUT2D eigenvalue weighted by Gasteiger charge is -2.18. The van der Waals surface area contributed by atoms with Gasteiger partial charge in [-0.1, -0.05) is 11.6 Å². The average Bonchev–Trinajstić information content (AvgIpc) is 2.58. The molecule has 1 aliphatic heterocycles. The Kier molecular flexibility index (Phi) is 1.85. The summed E-state index contributed by atoms with van der Waals surface area (Å²) in [7, 11) is 0. The molecule has 1 unspecified atom stereocenters. The molecular formula is C7H11N4. The molecule has 11 heavy (non-hydrogen) atoms. The zero-order valence-electron chi connectivity index (χ0n) is 6.32. The van der Waals surface area contributed by atoms with Crippen molar-refractivity contribution in [3.8, 4) is 0 Å². The number of hydrogen-bond donors (Lipinski definition) is 1. The van der Waals surface area contributed by atoms with Gasteiger partial charge >= 0.3 is 0 Å². The van der Waals surface area contributed by atoms with E-state index in [0.717, 1.165) is 18.7 Å². The maximum absolute atomic E-state index is 4.45. The number of rotatable bonds is 1. The Labute approximate surface area is 65.4 Å². The van der Waals surface area contributed by atoms with Gasteiger partial charge in [0.05, 0.1) is 6.04 Å². The molecule has 2 rings (SSSR count). The molecule has 1 radical (unpaired) electrons. The lowest BCUT2D eigenvalue weighted by atomic mass is 10.0. The Balaban J connectivity index is 2.04. The number of nitrogens with zero attached hydrogens (tertiary/aromatic N) is 3. The van der Waals surface area contributed by atoms with E-state index in [2.05, 4.69) is 20.7 Å². The molecule has 4 heteroatoms. The zero-order chi connectivity index (χ0) is 7.52. The minimum absolute atomic E-state index is 0.308. The van der Waals surface area contributed by atoms with Gasteiger partial charge in [0.2, 0.25) is 0 Å². The normalized spacial score (nSPS) is 25.3. The summed E-state index contributed by atoms with van der Waals surface area (Å²) in [6, 6.07) is 0.308. The third kappa shape index (κ3) is 1.40. The number of nitrogens with one attached hydrogen (secondary N) is 1. The van der Waals surface area contributed by atoms with Gasteiger partial charge in [0, 0.05) is 12.7 Å². The van der Waals surface area contributed by atoms with Gasteiger partial charge in [0.1, 0.15) is 5.69 Å². The van der Waals surface area contributed by atoms with Crippen LogP contribution in [-0.4, -0.2) is 22.0 Å². The summed E-state index contributed by atoms with van der Waals surface area (Å²) in [5.74, 6) is 0. The Morgan fingerprint density at radius 2 is 2.45 bits per heavy atom. The summed E-state index contributed by atoms with van der Waals surface area (Å²) in [6.07, 6.45) is 5.46. The van der Waals surface area contributed by atoms with E-state index in [1.165, 1.54) is 12.8 Å². The van der Waals surface area contributed by atoms with E-state index in [9.17, 15) is 0 Å². The SMILES string of the molecule is c1[nH]nnc1C1CCCC[N]1. The first-order valence-electron chi connectivity index (χ1n) is 4.00. The van der Waals surface area contributed by atoms with Gasteiger partial charge in [-0.3, -0.25) is 5.10 Å². The van der Waals surface area contributed by atoms with Crippen molar-refractivity contribution in [1.82, 2.24) is 20.7 Å². The Morgan fingerprint density at radius 1 is 1.45 bits per heavy atom. The van der Waals surface area contributed by atoms with Crippen molar-refractivity contribution in [2.24, 2.45) is 0 Å². The van der Waals surface area contributed by atoms with E-state index in [-0.39, 0.29) is 0 Å². The molecule has 1 aromatic rings. The molecule has 1 N–H and O–H groups in total. The molecule has 59 valence electrons. The van der Waals surface area contributed by atoms with Gasteiger partial charge in [-0.05, 0) is 12.8 Å². The zero-order valence-corrected chi connectivity index (χ0v) is 6.32. The molecule has 4 nitrogen and oxygen atoms in total. The van der Waals surface area contributed by atoms with Gasteiger partial charge < -0.3 is 0 Å². The van der Waals surface area contributed by atoms with Crippen molar-refractivity contribution >= 4 is 0 Å². The number of hydrogen-bond acceptors (Lipinski definition) is 2. The highest BCUT2D eigenvalue weighted by Gasteiger charge is 2.17. The minimum Gasteiger partial charge on any atom is -0.265 e. The van der Waals surface area contributed by atoms with Crippen molar-refractivity contribution in [3.05, 3.63) is 11.9 Å². The fraction of sp³-hybridized carbons (Fsp3) is 0.714. The molecular weight excluding hydrogens is 140 g/mol. The monoisotopic (exact) mass is 151 g/mol. The summed E-state index contributed by atoms with van der Waals surface area (Å²) >= 11 is 0.